The number of amides is 1. The van der Waals surface area contributed by atoms with Gasteiger partial charge in [0.05, 0.1) is 30.0 Å². The minimum absolute atomic E-state index is 0.151. The standard InChI is InChI=1S/C26H20BrNO4/c1-31-24-13-8-17(15-22(24)27)14-20-16-23(18-6-4-3-5-7-18)28(25(20)29)21-11-9-19(10-12-21)26(30)32-2/h3-16H,1-2H3. The average molecular weight is 490 g/mol. The number of anilines is 1. The molecule has 0 bridgehead atoms. The number of methoxy groups -OCH3 is 2. The van der Waals surface area contributed by atoms with Crippen LogP contribution in [0.4, 0.5) is 5.69 Å². The molecule has 0 saturated heterocycles. The Hall–Kier alpha value is -3.64. The summed E-state index contributed by atoms with van der Waals surface area (Å²) in [5.74, 6) is 0.146. The summed E-state index contributed by atoms with van der Waals surface area (Å²) in [6, 6.07) is 22.2. The average Bonchev–Trinajstić information content (AvgIpc) is 3.15. The van der Waals surface area contributed by atoms with Crippen LogP contribution in [0.2, 0.25) is 0 Å². The lowest BCUT2D eigenvalue weighted by Crippen LogP contribution is -2.25. The zero-order valence-electron chi connectivity index (χ0n) is 17.5. The Morgan fingerprint density at radius 1 is 0.969 bits per heavy atom. The van der Waals surface area contributed by atoms with Crippen LogP contribution in [0, 0.1) is 0 Å². The zero-order valence-corrected chi connectivity index (χ0v) is 19.1. The molecule has 3 aromatic carbocycles. The van der Waals surface area contributed by atoms with Gasteiger partial charge in [-0.15, -0.1) is 0 Å². The van der Waals surface area contributed by atoms with Gasteiger partial charge >= 0.3 is 5.97 Å². The van der Waals surface area contributed by atoms with E-state index in [4.69, 9.17) is 9.47 Å². The molecule has 160 valence electrons. The number of hydrogen-bond donors (Lipinski definition) is 0. The molecule has 3 aromatic rings. The fourth-order valence-electron chi connectivity index (χ4n) is 3.51. The largest absolute Gasteiger partial charge is 0.496 e. The van der Waals surface area contributed by atoms with Crippen LogP contribution in [0.15, 0.2) is 88.9 Å². The monoisotopic (exact) mass is 489 g/mol. The molecular formula is C26H20BrNO4. The number of rotatable bonds is 5. The molecule has 0 saturated carbocycles. The summed E-state index contributed by atoms with van der Waals surface area (Å²) in [6.07, 6.45) is 3.72. The lowest BCUT2D eigenvalue weighted by molar-refractivity contribution is -0.113. The number of halogens is 1. The van der Waals surface area contributed by atoms with Gasteiger partial charge in [-0.05, 0) is 75.6 Å². The van der Waals surface area contributed by atoms with Gasteiger partial charge in [0.15, 0.2) is 0 Å². The minimum Gasteiger partial charge on any atom is -0.496 e. The first kappa shape index (κ1) is 21.6. The van der Waals surface area contributed by atoms with Gasteiger partial charge in [-0.3, -0.25) is 9.69 Å². The van der Waals surface area contributed by atoms with Crippen LogP contribution < -0.4 is 9.64 Å². The Labute approximate surface area is 194 Å². The normalized spacial score (nSPS) is 14.5. The highest BCUT2D eigenvalue weighted by molar-refractivity contribution is 9.10. The number of benzene rings is 3. The van der Waals surface area contributed by atoms with E-state index in [0.29, 0.717) is 16.8 Å². The molecule has 1 amide bonds. The molecule has 32 heavy (non-hydrogen) atoms. The van der Waals surface area contributed by atoms with Gasteiger partial charge in [-0.25, -0.2) is 4.79 Å². The summed E-state index contributed by atoms with van der Waals surface area (Å²) in [6.45, 7) is 0. The third kappa shape index (κ3) is 4.22. The first-order valence-corrected chi connectivity index (χ1v) is 10.7. The summed E-state index contributed by atoms with van der Waals surface area (Å²) in [7, 11) is 2.95. The Bertz CT molecular complexity index is 1230. The minimum atomic E-state index is -0.422. The van der Waals surface area contributed by atoms with E-state index in [-0.39, 0.29) is 5.91 Å². The Balaban J connectivity index is 1.76. The van der Waals surface area contributed by atoms with Gasteiger partial charge in [0.25, 0.3) is 5.91 Å². The van der Waals surface area contributed by atoms with Crippen LogP contribution in [0.1, 0.15) is 21.5 Å². The molecule has 1 aliphatic rings. The van der Waals surface area contributed by atoms with Gasteiger partial charge in [-0.2, -0.15) is 0 Å². The second-order valence-electron chi connectivity index (χ2n) is 7.07. The van der Waals surface area contributed by atoms with E-state index >= 15 is 0 Å². The van der Waals surface area contributed by atoms with Gasteiger partial charge in [0, 0.05) is 11.3 Å². The Kier molecular flexibility index (Phi) is 6.23. The molecule has 0 spiro atoms. The predicted molar refractivity (Wildman–Crippen MR) is 128 cm³/mol. The highest BCUT2D eigenvalue weighted by Gasteiger charge is 2.30. The number of hydrogen-bond acceptors (Lipinski definition) is 4. The number of esters is 1. The molecule has 4 rings (SSSR count). The molecule has 0 aliphatic carbocycles. The second kappa shape index (κ2) is 9.24. The van der Waals surface area contributed by atoms with Crippen molar-refractivity contribution in [1.82, 2.24) is 0 Å². The quantitative estimate of drug-likeness (QED) is 0.340. The molecule has 1 heterocycles. The third-order valence-electron chi connectivity index (χ3n) is 5.10. The van der Waals surface area contributed by atoms with E-state index in [2.05, 4.69) is 15.9 Å². The lowest BCUT2D eigenvalue weighted by atomic mass is 10.1. The summed E-state index contributed by atoms with van der Waals surface area (Å²) in [5.41, 5.74) is 4.19. The van der Waals surface area contributed by atoms with Gasteiger partial charge in [0.1, 0.15) is 5.75 Å². The number of nitrogens with zero attached hydrogens (tertiary/aromatic N) is 1. The molecule has 0 atom stereocenters. The maximum Gasteiger partial charge on any atom is 0.337 e. The SMILES string of the molecule is COC(=O)c1ccc(N2C(=O)C(=Cc3ccc(OC)c(Br)c3)C=C2c2ccccc2)cc1. The van der Waals surface area contributed by atoms with Crippen molar-refractivity contribution in [2.45, 2.75) is 0 Å². The fraction of sp³-hybridized carbons (Fsp3) is 0.0769. The van der Waals surface area contributed by atoms with Crippen LogP contribution in [-0.2, 0) is 9.53 Å². The smallest absolute Gasteiger partial charge is 0.337 e. The van der Waals surface area contributed by atoms with Crippen molar-refractivity contribution in [3.63, 3.8) is 0 Å². The van der Waals surface area contributed by atoms with Crippen molar-refractivity contribution in [1.29, 1.82) is 0 Å². The first-order valence-electron chi connectivity index (χ1n) is 9.87. The van der Waals surface area contributed by atoms with Gasteiger partial charge in [0.2, 0.25) is 0 Å². The van der Waals surface area contributed by atoms with E-state index in [0.717, 1.165) is 27.0 Å². The van der Waals surface area contributed by atoms with Gasteiger partial charge < -0.3 is 9.47 Å². The topological polar surface area (TPSA) is 55.8 Å². The summed E-state index contributed by atoms with van der Waals surface area (Å²) < 4.78 is 10.9. The summed E-state index contributed by atoms with van der Waals surface area (Å²) in [5, 5.41) is 0. The molecule has 0 unspecified atom stereocenters. The molecule has 0 N–H and O–H groups in total. The van der Waals surface area contributed by atoms with Crippen LogP contribution in [0.25, 0.3) is 11.8 Å². The van der Waals surface area contributed by atoms with Crippen molar-refractivity contribution in [3.05, 3.63) is 106 Å². The maximum atomic E-state index is 13.5. The van der Waals surface area contributed by atoms with Crippen molar-refractivity contribution in [2.24, 2.45) is 0 Å². The van der Waals surface area contributed by atoms with E-state index in [1.54, 1.807) is 36.3 Å². The van der Waals surface area contributed by atoms with Gasteiger partial charge in [-0.1, -0.05) is 36.4 Å². The van der Waals surface area contributed by atoms with Crippen molar-refractivity contribution in [2.75, 3.05) is 19.1 Å². The van der Waals surface area contributed by atoms with E-state index in [9.17, 15) is 9.59 Å². The lowest BCUT2D eigenvalue weighted by Gasteiger charge is -2.21. The summed E-state index contributed by atoms with van der Waals surface area (Å²) in [4.78, 5) is 26.9. The number of carbonyl (C=O) groups excluding carboxylic acids is 2. The molecule has 0 radical (unpaired) electrons. The molecule has 1 aliphatic heterocycles. The van der Waals surface area contributed by atoms with Crippen molar-refractivity contribution in [3.8, 4) is 5.75 Å². The maximum absolute atomic E-state index is 13.5. The van der Waals surface area contributed by atoms with Crippen LogP contribution >= 0.6 is 15.9 Å². The van der Waals surface area contributed by atoms with Crippen molar-refractivity contribution >= 4 is 45.3 Å². The van der Waals surface area contributed by atoms with E-state index < -0.39 is 5.97 Å². The first-order chi connectivity index (χ1) is 15.5. The third-order valence-corrected chi connectivity index (χ3v) is 5.72. The van der Waals surface area contributed by atoms with E-state index in [1.807, 2.05) is 60.7 Å². The molecular weight excluding hydrogens is 470 g/mol. The summed E-state index contributed by atoms with van der Waals surface area (Å²) >= 11 is 3.49. The number of ether oxygens (including phenoxy) is 2. The second-order valence-corrected chi connectivity index (χ2v) is 7.92. The van der Waals surface area contributed by atoms with Crippen LogP contribution in [0.3, 0.4) is 0 Å². The molecule has 0 aromatic heterocycles. The molecule has 0 fully saturated rings. The highest BCUT2D eigenvalue weighted by atomic mass is 79.9. The Morgan fingerprint density at radius 2 is 1.69 bits per heavy atom. The zero-order chi connectivity index (χ0) is 22.7. The Morgan fingerprint density at radius 3 is 2.31 bits per heavy atom. The number of carbonyl (C=O) groups is 2. The van der Waals surface area contributed by atoms with Crippen LogP contribution in [0.5, 0.6) is 5.75 Å². The predicted octanol–water partition coefficient (Wildman–Crippen LogP) is 5.72. The van der Waals surface area contributed by atoms with Crippen molar-refractivity contribution < 1.29 is 19.1 Å². The highest BCUT2D eigenvalue weighted by Crippen LogP contribution is 2.36. The fourth-order valence-corrected chi connectivity index (χ4v) is 4.07. The molecule has 6 heteroatoms. The van der Waals surface area contributed by atoms with E-state index in [1.165, 1.54) is 7.11 Å². The van der Waals surface area contributed by atoms with Crippen LogP contribution in [-0.4, -0.2) is 26.1 Å². The molecule has 5 nitrogen and oxygen atoms in total.